The number of aldehydes is 1. The van der Waals surface area contributed by atoms with Crippen LogP contribution in [0.15, 0.2) is 30.3 Å². The van der Waals surface area contributed by atoms with Gasteiger partial charge in [0, 0.05) is 0 Å². The molecule has 0 heterocycles. The first-order valence-corrected chi connectivity index (χ1v) is 3.49. The van der Waals surface area contributed by atoms with Gasteiger partial charge < -0.3 is 0 Å². The van der Waals surface area contributed by atoms with Crippen LogP contribution in [0.1, 0.15) is 11.1 Å². The van der Waals surface area contributed by atoms with E-state index in [4.69, 9.17) is 5.26 Å². The Bertz CT molecular complexity index is 347. The normalized spacial score (nSPS) is 9.58. The Balaban J connectivity index is 3.07. The van der Waals surface area contributed by atoms with Crippen molar-refractivity contribution in [1.82, 2.24) is 0 Å². The average molecular weight is 157 g/mol. The molecule has 1 aromatic carbocycles. The minimum atomic E-state index is 0.579. The molecule has 0 aliphatic rings. The second-order valence-corrected chi connectivity index (χ2v) is 2.19. The number of hydrogen-bond donors (Lipinski definition) is 0. The van der Waals surface area contributed by atoms with Crippen molar-refractivity contribution in [3.05, 3.63) is 41.5 Å². The molecule has 0 amide bonds. The van der Waals surface area contributed by atoms with E-state index in [0.29, 0.717) is 11.8 Å². The second kappa shape index (κ2) is 4.09. The van der Waals surface area contributed by atoms with Gasteiger partial charge in [-0.1, -0.05) is 24.3 Å². The number of carbonyl (C=O) groups excluding carboxylic acids is 1. The molecule has 0 unspecified atom stereocenters. The summed E-state index contributed by atoms with van der Waals surface area (Å²) < 4.78 is 0. The van der Waals surface area contributed by atoms with Crippen LogP contribution in [-0.4, -0.2) is 6.29 Å². The van der Waals surface area contributed by atoms with Gasteiger partial charge in [0.05, 0.1) is 11.6 Å². The van der Waals surface area contributed by atoms with Crippen LogP contribution in [-0.2, 0) is 4.79 Å². The highest BCUT2D eigenvalue weighted by Gasteiger charge is 1.93. The molecule has 0 fully saturated rings. The number of allylic oxidation sites excluding steroid dienone is 1. The molecule has 0 aliphatic heterocycles. The van der Waals surface area contributed by atoms with Gasteiger partial charge in [-0.2, -0.15) is 5.26 Å². The number of benzene rings is 1. The van der Waals surface area contributed by atoms with Crippen LogP contribution in [0.5, 0.6) is 0 Å². The number of nitriles is 1. The largest absolute Gasteiger partial charge is 0.299 e. The summed E-state index contributed by atoms with van der Waals surface area (Å²) in [5.41, 5.74) is 1.35. The third-order valence-electron chi connectivity index (χ3n) is 1.44. The zero-order chi connectivity index (χ0) is 8.81. The topological polar surface area (TPSA) is 40.9 Å². The molecule has 2 nitrogen and oxygen atoms in total. The fraction of sp³-hybridized carbons (Fsp3) is 0. The maximum absolute atomic E-state index is 10.0. The van der Waals surface area contributed by atoms with E-state index in [1.165, 1.54) is 6.08 Å². The first kappa shape index (κ1) is 8.22. The molecule has 0 radical (unpaired) electrons. The summed E-state index contributed by atoms with van der Waals surface area (Å²) in [5.74, 6) is 0. The van der Waals surface area contributed by atoms with Crippen molar-refractivity contribution in [3.63, 3.8) is 0 Å². The fourth-order valence-electron chi connectivity index (χ4n) is 0.887. The molecular weight excluding hydrogens is 150 g/mol. The standard InChI is InChI=1S/C10H7NO/c11-8-10-5-2-1-4-9(10)6-3-7-12/h1-7H/b6-3+. The quantitative estimate of drug-likeness (QED) is 0.485. The van der Waals surface area contributed by atoms with Gasteiger partial charge in [-0.25, -0.2) is 0 Å². The van der Waals surface area contributed by atoms with E-state index in [2.05, 4.69) is 0 Å². The third kappa shape index (κ3) is 1.80. The molecule has 1 rings (SSSR count). The predicted octanol–water partition coefficient (Wildman–Crippen LogP) is 1.77. The lowest BCUT2D eigenvalue weighted by Gasteiger charge is -1.93. The molecule has 12 heavy (non-hydrogen) atoms. The molecule has 58 valence electrons. The monoisotopic (exact) mass is 157 g/mol. The van der Waals surface area contributed by atoms with Crippen LogP contribution in [0.2, 0.25) is 0 Å². The minimum absolute atomic E-state index is 0.579. The molecule has 2 heteroatoms. The van der Waals surface area contributed by atoms with Crippen LogP contribution >= 0.6 is 0 Å². The van der Waals surface area contributed by atoms with Crippen LogP contribution in [0.25, 0.3) is 6.08 Å². The van der Waals surface area contributed by atoms with E-state index in [1.54, 1.807) is 24.3 Å². The van der Waals surface area contributed by atoms with Crippen molar-refractivity contribution >= 4 is 12.4 Å². The Kier molecular flexibility index (Phi) is 2.80. The Hall–Kier alpha value is -1.88. The maximum atomic E-state index is 10.0. The van der Waals surface area contributed by atoms with Crippen molar-refractivity contribution in [2.24, 2.45) is 0 Å². The van der Waals surface area contributed by atoms with E-state index >= 15 is 0 Å². The van der Waals surface area contributed by atoms with Gasteiger partial charge in [-0.05, 0) is 17.7 Å². The fourth-order valence-corrected chi connectivity index (χ4v) is 0.887. The van der Waals surface area contributed by atoms with Crippen LogP contribution in [0, 0.1) is 11.3 Å². The molecule has 0 bridgehead atoms. The first-order valence-electron chi connectivity index (χ1n) is 3.49. The summed E-state index contributed by atoms with van der Waals surface area (Å²) in [7, 11) is 0. The lowest BCUT2D eigenvalue weighted by molar-refractivity contribution is -0.104. The van der Waals surface area contributed by atoms with Gasteiger partial charge in [-0.15, -0.1) is 0 Å². The molecule has 0 atom stereocenters. The van der Waals surface area contributed by atoms with Crippen LogP contribution in [0.3, 0.4) is 0 Å². The molecule has 0 aliphatic carbocycles. The van der Waals surface area contributed by atoms with Gasteiger partial charge >= 0.3 is 0 Å². The summed E-state index contributed by atoms with van der Waals surface area (Å²) in [6.07, 6.45) is 3.68. The van der Waals surface area contributed by atoms with E-state index in [-0.39, 0.29) is 0 Å². The molecule has 0 N–H and O–H groups in total. The minimum Gasteiger partial charge on any atom is -0.299 e. The summed E-state index contributed by atoms with van der Waals surface area (Å²) in [6, 6.07) is 9.15. The number of nitrogens with zero attached hydrogens (tertiary/aromatic N) is 1. The van der Waals surface area contributed by atoms with E-state index < -0.39 is 0 Å². The smallest absolute Gasteiger partial charge is 0.142 e. The zero-order valence-electron chi connectivity index (χ0n) is 6.40. The van der Waals surface area contributed by atoms with Crippen molar-refractivity contribution in [3.8, 4) is 6.07 Å². The Morgan fingerprint density at radius 1 is 1.33 bits per heavy atom. The second-order valence-electron chi connectivity index (χ2n) is 2.19. The van der Waals surface area contributed by atoms with Crippen molar-refractivity contribution < 1.29 is 4.79 Å². The van der Waals surface area contributed by atoms with Crippen molar-refractivity contribution in [2.45, 2.75) is 0 Å². The van der Waals surface area contributed by atoms with E-state index in [9.17, 15) is 4.79 Å². The summed E-state index contributed by atoms with van der Waals surface area (Å²) in [5, 5.41) is 8.65. The molecule has 0 aromatic heterocycles. The molecule has 0 saturated carbocycles. The number of carbonyl (C=O) groups is 1. The molecule has 1 aromatic rings. The van der Waals surface area contributed by atoms with Crippen molar-refractivity contribution in [2.75, 3.05) is 0 Å². The van der Waals surface area contributed by atoms with Crippen LogP contribution in [0.4, 0.5) is 0 Å². The number of hydrogen-bond acceptors (Lipinski definition) is 2. The highest BCUT2D eigenvalue weighted by molar-refractivity contribution is 5.75. The SMILES string of the molecule is N#Cc1ccccc1/C=C/C=O. The lowest BCUT2D eigenvalue weighted by Crippen LogP contribution is -1.79. The van der Waals surface area contributed by atoms with Gasteiger partial charge in [0.25, 0.3) is 0 Å². The Morgan fingerprint density at radius 2 is 2.08 bits per heavy atom. The van der Waals surface area contributed by atoms with Crippen LogP contribution < -0.4 is 0 Å². The summed E-state index contributed by atoms with van der Waals surface area (Å²) >= 11 is 0. The average Bonchev–Trinajstić information content (AvgIpc) is 2.15. The van der Waals surface area contributed by atoms with Gasteiger partial charge in [-0.3, -0.25) is 4.79 Å². The Labute approximate surface area is 70.8 Å². The predicted molar refractivity (Wildman–Crippen MR) is 46.3 cm³/mol. The van der Waals surface area contributed by atoms with Gasteiger partial charge in [0.1, 0.15) is 6.29 Å². The van der Waals surface area contributed by atoms with E-state index in [0.717, 1.165) is 5.56 Å². The van der Waals surface area contributed by atoms with Crippen molar-refractivity contribution in [1.29, 1.82) is 5.26 Å². The molecular formula is C10H7NO. The van der Waals surface area contributed by atoms with E-state index in [1.807, 2.05) is 12.1 Å². The zero-order valence-corrected chi connectivity index (χ0v) is 6.40. The molecule has 0 spiro atoms. The lowest BCUT2D eigenvalue weighted by atomic mass is 10.1. The highest BCUT2D eigenvalue weighted by atomic mass is 16.1. The summed E-state index contributed by atoms with van der Waals surface area (Å²) in [4.78, 5) is 10.0. The third-order valence-corrected chi connectivity index (χ3v) is 1.44. The van der Waals surface area contributed by atoms with Gasteiger partial charge in [0.2, 0.25) is 0 Å². The summed E-state index contributed by atoms with van der Waals surface area (Å²) in [6.45, 7) is 0. The first-order chi connectivity index (χ1) is 5.88. The van der Waals surface area contributed by atoms with Gasteiger partial charge in [0.15, 0.2) is 0 Å². The maximum Gasteiger partial charge on any atom is 0.142 e. The Morgan fingerprint density at radius 3 is 2.75 bits per heavy atom. The molecule has 0 saturated heterocycles. The number of rotatable bonds is 2. The highest BCUT2D eigenvalue weighted by Crippen LogP contribution is 2.08.